The molecular weight excluding hydrogens is 352 g/mol. The standard InChI is InChI=1S/C19H28N2O4S/c1-14(19(22)20-10-12-25-26(4,23)24)18-16(9-11-21(2)3)13-15-7-5-6-8-17(15)18/h5-8,14H,9-13H2,1-4H3,(H,20,22). The summed E-state index contributed by atoms with van der Waals surface area (Å²) in [4.78, 5) is 14.7. The van der Waals surface area contributed by atoms with Crippen LogP contribution in [-0.4, -0.2) is 59.3 Å². The Labute approximate surface area is 156 Å². The predicted molar refractivity (Wildman–Crippen MR) is 103 cm³/mol. The topological polar surface area (TPSA) is 75.7 Å². The number of hydrogen-bond donors (Lipinski definition) is 1. The quantitative estimate of drug-likeness (QED) is 0.521. The number of fused-ring (bicyclic) bond motifs is 1. The lowest BCUT2D eigenvalue weighted by Gasteiger charge is -2.18. The number of nitrogens with zero attached hydrogens (tertiary/aromatic N) is 1. The molecule has 1 aromatic rings. The van der Waals surface area contributed by atoms with Gasteiger partial charge in [-0.25, -0.2) is 0 Å². The Morgan fingerprint density at radius 3 is 2.65 bits per heavy atom. The van der Waals surface area contributed by atoms with Crippen LogP contribution in [0.15, 0.2) is 29.8 Å². The van der Waals surface area contributed by atoms with E-state index in [9.17, 15) is 13.2 Å². The van der Waals surface area contributed by atoms with Crippen LogP contribution in [0.3, 0.4) is 0 Å². The van der Waals surface area contributed by atoms with E-state index in [1.807, 2.05) is 33.2 Å². The maximum Gasteiger partial charge on any atom is 0.264 e. The number of benzene rings is 1. The first-order valence-corrected chi connectivity index (χ1v) is 10.6. The molecule has 0 saturated heterocycles. The van der Waals surface area contributed by atoms with Crippen molar-refractivity contribution in [3.8, 4) is 0 Å². The monoisotopic (exact) mass is 380 g/mol. The van der Waals surface area contributed by atoms with Gasteiger partial charge in [0.2, 0.25) is 5.91 Å². The molecule has 1 aliphatic carbocycles. The summed E-state index contributed by atoms with van der Waals surface area (Å²) in [6.45, 7) is 2.95. The Kier molecular flexibility index (Phi) is 6.97. The fourth-order valence-electron chi connectivity index (χ4n) is 3.23. The van der Waals surface area contributed by atoms with Gasteiger partial charge in [-0.3, -0.25) is 8.98 Å². The molecule has 0 fully saturated rings. The largest absolute Gasteiger partial charge is 0.353 e. The van der Waals surface area contributed by atoms with Crippen molar-refractivity contribution in [3.63, 3.8) is 0 Å². The average molecular weight is 381 g/mol. The highest BCUT2D eigenvalue weighted by atomic mass is 32.2. The Hall–Kier alpha value is -1.70. The molecule has 7 heteroatoms. The molecule has 0 aliphatic heterocycles. The van der Waals surface area contributed by atoms with Crippen LogP contribution in [0.2, 0.25) is 0 Å². The number of nitrogens with one attached hydrogen (secondary N) is 1. The van der Waals surface area contributed by atoms with Gasteiger partial charge >= 0.3 is 0 Å². The molecule has 1 aromatic carbocycles. The van der Waals surface area contributed by atoms with Gasteiger partial charge in [-0.05, 0) is 50.6 Å². The minimum atomic E-state index is -3.49. The second-order valence-corrected chi connectivity index (χ2v) is 8.59. The maximum absolute atomic E-state index is 12.6. The van der Waals surface area contributed by atoms with Gasteiger partial charge in [-0.15, -0.1) is 0 Å². The lowest BCUT2D eigenvalue weighted by Crippen LogP contribution is -2.33. The van der Waals surface area contributed by atoms with Gasteiger partial charge in [0.25, 0.3) is 10.1 Å². The number of hydrogen-bond acceptors (Lipinski definition) is 5. The number of rotatable bonds is 9. The maximum atomic E-state index is 12.6. The molecule has 1 atom stereocenters. The summed E-state index contributed by atoms with van der Waals surface area (Å²) in [6, 6.07) is 8.21. The van der Waals surface area contributed by atoms with Crippen LogP contribution in [-0.2, 0) is 25.5 Å². The van der Waals surface area contributed by atoms with Crippen molar-refractivity contribution in [2.24, 2.45) is 5.92 Å². The lowest BCUT2D eigenvalue weighted by atomic mass is 9.91. The zero-order valence-electron chi connectivity index (χ0n) is 15.9. The zero-order chi connectivity index (χ0) is 19.3. The van der Waals surface area contributed by atoms with Gasteiger partial charge in [0.1, 0.15) is 0 Å². The average Bonchev–Trinajstić information content (AvgIpc) is 2.93. The molecule has 1 unspecified atom stereocenters. The molecule has 1 amide bonds. The van der Waals surface area contributed by atoms with Crippen LogP contribution in [0.4, 0.5) is 0 Å². The highest BCUT2D eigenvalue weighted by Crippen LogP contribution is 2.39. The highest BCUT2D eigenvalue weighted by Gasteiger charge is 2.28. The normalized spacial score (nSPS) is 15.3. The fraction of sp³-hybridized carbons (Fsp3) is 0.526. The van der Waals surface area contributed by atoms with E-state index in [-0.39, 0.29) is 25.0 Å². The predicted octanol–water partition coefficient (Wildman–Crippen LogP) is 1.68. The van der Waals surface area contributed by atoms with E-state index in [4.69, 9.17) is 0 Å². The summed E-state index contributed by atoms with van der Waals surface area (Å²) in [5.41, 5.74) is 4.81. The van der Waals surface area contributed by atoms with E-state index < -0.39 is 10.1 Å². The summed E-state index contributed by atoms with van der Waals surface area (Å²) in [7, 11) is 0.596. The van der Waals surface area contributed by atoms with Crippen LogP contribution in [0, 0.1) is 5.92 Å². The second-order valence-electron chi connectivity index (χ2n) is 6.94. The summed E-state index contributed by atoms with van der Waals surface area (Å²) in [5.74, 6) is -0.412. The molecule has 26 heavy (non-hydrogen) atoms. The summed E-state index contributed by atoms with van der Waals surface area (Å²) >= 11 is 0. The first-order valence-electron chi connectivity index (χ1n) is 8.76. The fourth-order valence-corrected chi connectivity index (χ4v) is 3.61. The van der Waals surface area contributed by atoms with Crippen LogP contribution < -0.4 is 5.32 Å². The van der Waals surface area contributed by atoms with Gasteiger partial charge in [-0.2, -0.15) is 8.42 Å². The molecule has 0 saturated carbocycles. The van der Waals surface area contributed by atoms with Crippen molar-refractivity contribution >= 4 is 21.6 Å². The van der Waals surface area contributed by atoms with Crippen molar-refractivity contribution in [1.82, 2.24) is 10.2 Å². The van der Waals surface area contributed by atoms with Crippen molar-refractivity contribution in [3.05, 3.63) is 41.0 Å². The molecule has 144 valence electrons. The van der Waals surface area contributed by atoms with E-state index >= 15 is 0 Å². The van der Waals surface area contributed by atoms with Gasteiger partial charge in [0.05, 0.1) is 18.8 Å². The molecule has 0 radical (unpaired) electrons. The first kappa shape index (κ1) is 20.6. The van der Waals surface area contributed by atoms with Crippen LogP contribution in [0.25, 0.3) is 5.57 Å². The van der Waals surface area contributed by atoms with Crippen molar-refractivity contribution in [1.29, 1.82) is 0 Å². The second kappa shape index (κ2) is 8.79. The molecular formula is C19H28N2O4S. The van der Waals surface area contributed by atoms with Gasteiger partial charge < -0.3 is 10.2 Å². The minimum Gasteiger partial charge on any atom is -0.353 e. The third kappa shape index (κ3) is 5.65. The van der Waals surface area contributed by atoms with Gasteiger partial charge in [0, 0.05) is 13.1 Å². The Bertz CT molecular complexity index is 784. The smallest absolute Gasteiger partial charge is 0.264 e. The third-order valence-corrected chi connectivity index (χ3v) is 5.07. The molecule has 6 nitrogen and oxygen atoms in total. The Balaban J connectivity index is 2.09. The summed E-state index contributed by atoms with van der Waals surface area (Å²) in [5, 5.41) is 2.78. The number of amides is 1. The molecule has 1 aliphatic rings. The number of carbonyl (C=O) groups is 1. The Morgan fingerprint density at radius 1 is 1.31 bits per heavy atom. The van der Waals surface area contributed by atoms with Crippen molar-refractivity contribution in [2.75, 3.05) is 40.0 Å². The SMILES string of the molecule is CC(C(=O)NCCOS(C)(=O)=O)C1=C(CCN(C)C)Cc2ccccc21. The molecule has 0 bridgehead atoms. The van der Waals surface area contributed by atoms with Gasteiger partial charge in [-0.1, -0.05) is 29.8 Å². The van der Waals surface area contributed by atoms with E-state index in [1.165, 1.54) is 11.1 Å². The van der Waals surface area contributed by atoms with Crippen molar-refractivity contribution in [2.45, 2.75) is 19.8 Å². The number of carbonyl (C=O) groups excluding carboxylic acids is 1. The minimum absolute atomic E-state index is 0.0551. The third-order valence-electron chi connectivity index (χ3n) is 4.48. The van der Waals surface area contributed by atoms with Crippen LogP contribution >= 0.6 is 0 Å². The van der Waals surface area contributed by atoms with E-state index in [1.54, 1.807) is 0 Å². The van der Waals surface area contributed by atoms with E-state index in [2.05, 4.69) is 26.5 Å². The van der Waals surface area contributed by atoms with E-state index in [0.29, 0.717) is 0 Å². The van der Waals surface area contributed by atoms with Crippen LogP contribution in [0.5, 0.6) is 0 Å². The Morgan fingerprint density at radius 2 is 2.00 bits per heavy atom. The molecule has 0 aromatic heterocycles. The van der Waals surface area contributed by atoms with Crippen molar-refractivity contribution < 1.29 is 17.4 Å². The summed E-state index contributed by atoms with van der Waals surface area (Å²) in [6.07, 6.45) is 2.80. The summed E-state index contributed by atoms with van der Waals surface area (Å²) < 4.78 is 26.6. The molecule has 2 rings (SSSR count). The van der Waals surface area contributed by atoms with Crippen LogP contribution in [0.1, 0.15) is 24.5 Å². The highest BCUT2D eigenvalue weighted by molar-refractivity contribution is 7.85. The zero-order valence-corrected chi connectivity index (χ0v) is 16.7. The molecule has 0 spiro atoms. The van der Waals surface area contributed by atoms with Gasteiger partial charge in [0.15, 0.2) is 0 Å². The molecule has 0 heterocycles. The first-order chi connectivity index (χ1) is 12.2. The van der Waals surface area contributed by atoms with E-state index in [0.717, 1.165) is 36.8 Å². The lowest BCUT2D eigenvalue weighted by molar-refractivity contribution is -0.123. The molecule has 1 N–H and O–H groups in total.